The maximum absolute atomic E-state index is 5.67. The molecule has 5 heteroatoms. The number of hydrogen-bond donors (Lipinski definition) is 0. The molecule has 2 aromatic heterocycles. The van der Waals surface area contributed by atoms with Gasteiger partial charge in [0.05, 0.1) is 10.8 Å². The van der Waals surface area contributed by atoms with E-state index in [1.165, 1.54) is 42.5 Å². The normalized spacial score (nSPS) is 15.6. The molecule has 90 valence electrons. The first-order valence-corrected chi connectivity index (χ1v) is 7.22. The van der Waals surface area contributed by atoms with Crippen molar-refractivity contribution in [3.8, 4) is 10.8 Å². The highest BCUT2D eigenvalue weighted by atomic mass is 35.5. The Balaban J connectivity index is 1.93. The van der Waals surface area contributed by atoms with Gasteiger partial charge in [0.15, 0.2) is 5.82 Å². The van der Waals surface area contributed by atoms with E-state index >= 15 is 0 Å². The quantitative estimate of drug-likeness (QED) is 0.614. The Hall–Kier alpha value is -0.870. The van der Waals surface area contributed by atoms with E-state index in [2.05, 4.69) is 16.2 Å². The summed E-state index contributed by atoms with van der Waals surface area (Å²) >= 11 is 7.45. The summed E-state index contributed by atoms with van der Waals surface area (Å²) in [4.78, 5) is 6.84. The molecule has 0 spiro atoms. The van der Waals surface area contributed by atoms with E-state index in [4.69, 9.17) is 16.1 Å². The summed E-state index contributed by atoms with van der Waals surface area (Å²) in [5, 5.41) is 3.82. The molecule has 1 aliphatic carbocycles. The molecular weight excluding hydrogens is 256 g/mol. The van der Waals surface area contributed by atoms with Crippen LogP contribution in [0.3, 0.4) is 0 Å². The van der Waals surface area contributed by atoms with E-state index in [0.29, 0.717) is 17.6 Å². The SMILES string of the molecule is ClCc1noc(-c2cc3c(s2)CCCCC3)n1. The predicted octanol–water partition coefficient (Wildman–Crippen LogP) is 3.81. The Bertz CT molecular complexity index is 497. The van der Waals surface area contributed by atoms with E-state index in [1.54, 1.807) is 11.3 Å². The summed E-state index contributed by atoms with van der Waals surface area (Å²) in [6.45, 7) is 0. The highest BCUT2D eigenvalue weighted by Gasteiger charge is 2.16. The van der Waals surface area contributed by atoms with E-state index in [-0.39, 0.29) is 0 Å². The number of thiophene rings is 1. The Morgan fingerprint density at radius 2 is 2.18 bits per heavy atom. The smallest absolute Gasteiger partial charge is 0.268 e. The molecule has 0 unspecified atom stereocenters. The maximum Gasteiger partial charge on any atom is 0.268 e. The zero-order valence-corrected chi connectivity index (χ0v) is 11.0. The maximum atomic E-state index is 5.67. The van der Waals surface area contributed by atoms with Gasteiger partial charge >= 0.3 is 0 Å². The van der Waals surface area contributed by atoms with Crippen LogP contribution in [0, 0.1) is 0 Å². The largest absolute Gasteiger partial charge is 0.333 e. The molecule has 0 saturated heterocycles. The molecule has 0 aliphatic heterocycles. The minimum absolute atomic E-state index is 0.300. The van der Waals surface area contributed by atoms with Crippen molar-refractivity contribution in [3.05, 3.63) is 22.3 Å². The van der Waals surface area contributed by atoms with Crippen molar-refractivity contribution in [1.29, 1.82) is 0 Å². The topological polar surface area (TPSA) is 38.9 Å². The zero-order valence-electron chi connectivity index (χ0n) is 9.41. The van der Waals surface area contributed by atoms with Gasteiger partial charge in [-0.1, -0.05) is 11.6 Å². The van der Waals surface area contributed by atoms with Crippen molar-refractivity contribution in [2.75, 3.05) is 0 Å². The van der Waals surface area contributed by atoms with Gasteiger partial charge in [-0.15, -0.1) is 22.9 Å². The molecule has 3 rings (SSSR count). The van der Waals surface area contributed by atoms with Gasteiger partial charge < -0.3 is 4.52 Å². The van der Waals surface area contributed by atoms with E-state index in [0.717, 1.165) is 4.88 Å². The fraction of sp³-hybridized carbons (Fsp3) is 0.500. The summed E-state index contributed by atoms with van der Waals surface area (Å²) < 4.78 is 5.22. The summed E-state index contributed by atoms with van der Waals surface area (Å²) in [6.07, 6.45) is 6.30. The van der Waals surface area contributed by atoms with Crippen LogP contribution in [0.1, 0.15) is 35.5 Å². The molecule has 3 nitrogen and oxygen atoms in total. The lowest BCUT2D eigenvalue weighted by Crippen LogP contribution is -1.81. The third-order valence-electron chi connectivity index (χ3n) is 3.04. The molecule has 0 N–H and O–H groups in total. The molecular formula is C12H13ClN2OS. The van der Waals surface area contributed by atoms with Crippen molar-refractivity contribution in [2.45, 2.75) is 38.0 Å². The summed E-state index contributed by atoms with van der Waals surface area (Å²) in [5.41, 5.74) is 1.47. The van der Waals surface area contributed by atoms with Crippen LogP contribution in [0.25, 0.3) is 10.8 Å². The number of aromatic nitrogens is 2. The fourth-order valence-corrected chi connectivity index (χ4v) is 3.47. The van der Waals surface area contributed by atoms with Crippen LogP contribution in [-0.4, -0.2) is 10.1 Å². The molecule has 0 aromatic carbocycles. The zero-order chi connectivity index (χ0) is 11.7. The second kappa shape index (κ2) is 4.78. The van der Waals surface area contributed by atoms with Gasteiger partial charge in [-0.05, 0) is 37.3 Å². The van der Waals surface area contributed by atoms with Gasteiger partial charge in [-0.2, -0.15) is 4.98 Å². The van der Waals surface area contributed by atoms with Crippen molar-refractivity contribution in [1.82, 2.24) is 10.1 Å². The number of hydrogen-bond acceptors (Lipinski definition) is 4. The van der Waals surface area contributed by atoms with Gasteiger partial charge in [0.2, 0.25) is 0 Å². The Labute approximate surface area is 109 Å². The minimum atomic E-state index is 0.300. The first-order chi connectivity index (χ1) is 8.36. The number of fused-ring (bicyclic) bond motifs is 1. The van der Waals surface area contributed by atoms with Crippen LogP contribution in [0.2, 0.25) is 0 Å². The lowest BCUT2D eigenvalue weighted by Gasteiger charge is -1.92. The molecule has 0 amide bonds. The predicted molar refractivity (Wildman–Crippen MR) is 68.4 cm³/mol. The lowest BCUT2D eigenvalue weighted by molar-refractivity contribution is 0.426. The van der Waals surface area contributed by atoms with Crippen molar-refractivity contribution >= 4 is 22.9 Å². The van der Waals surface area contributed by atoms with Crippen molar-refractivity contribution in [3.63, 3.8) is 0 Å². The van der Waals surface area contributed by atoms with Crippen LogP contribution in [0.4, 0.5) is 0 Å². The van der Waals surface area contributed by atoms with Crippen LogP contribution < -0.4 is 0 Å². The Morgan fingerprint density at radius 1 is 1.29 bits per heavy atom. The van der Waals surface area contributed by atoms with E-state index in [9.17, 15) is 0 Å². The van der Waals surface area contributed by atoms with Crippen molar-refractivity contribution < 1.29 is 4.52 Å². The van der Waals surface area contributed by atoms with Gasteiger partial charge in [0.1, 0.15) is 0 Å². The van der Waals surface area contributed by atoms with E-state index in [1.807, 2.05) is 0 Å². The van der Waals surface area contributed by atoms with Crippen LogP contribution in [0.5, 0.6) is 0 Å². The van der Waals surface area contributed by atoms with Crippen LogP contribution in [0.15, 0.2) is 10.6 Å². The number of aryl methyl sites for hydroxylation is 2. The van der Waals surface area contributed by atoms with Gasteiger partial charge in [-0.25, -0.2) is 0 Å². The highest BCUT2D eigenvalue weighted by Crippen LogP contribution is 2.34. The van der Waals surface area contributed by atoms with Gasteiger partial charge in [0, 0.05) is 4.88 Å². The second-order valence-electron chi connectivity index (χ2n) is 4.27. The van der Waals surface area contributed by atoms with Gasteiger partial charge in [-0.3, -0.25) is 0 Å². The van der Waals surface area contributed by atoms with Crippen molar-refractivity contribution in [2.24, 2.45) is 0 Å². The first kappa shape index (κ1) is 11.2. The third kappa shape index (κ3) is 2.24. The number of alkyl halides is 1. The highest BCUT2D eigenvalue weighted by molar-refractivity contribution is 7.15. The minimum Gasteiger partial charge on any atom is -0.333 e. The monoisotopic (exact) mass is 268 g/mol. The molecule has 0 saturated carbocycles. The second-order valence-corrected chi connectivity index (χ2v) is 5.67. The Morgan fingerprint density at radius 3 is 3.00 bits per heavy atom. The average molecular weight is 269 g/mol. The standard InChI is InChI=1S/C12H13ClN2OS/c13-7-11-14-12(16-15-11)10-6-8-4-2-1-3-5-9(8)17-10/h6H,1-5,7H2. The third-order valence-corrected chi connectivity index (χ3v) is 4.51. The molecule has 0 atom stereocenters. The molecule has 0 radical (unpaired) electrons. The van der Waals surface area contributed by atoms with E-state index < -0.39 is 0 Å². The molecule has 2 aromatic rings. The number of rotatable bonds is 2. The lowest BCUT2D eigenvalue weighted by atomic mass is 10.1. The number of halogens is 1. The Kier molecular flexibility index (Phi) is 3.16. The van der Waals surface area contributed by atoms with Crippen LogP contribution >= 0.6 is 22.9 Å². The first-order valence-electron chi connectivity index (χ1n) is 5.87. The molecule has 1 aliphatic rings. The molecule has 17 heavy (non-hydrogen) atoms. The number of nitrogens with zero attached hydrogens (tertiary/aromatic N) is 2. The average Bonchev–Trinajstić information content (AvgIpc) is 2.92. The summed E-state index contributed by atoms with van der Waals surface area (Å²) in [5.74, 6) is 1.47. The van der Waals surface area contributed by atoms with Crippen LogP contribution in [-0.2, 0) is 18.7 Å². The summed E-state index contributed by atoms with van der Waals surface area (Å²) in [6, 6.07) is 2.21. The molecule has 2 heterocycles. The summed E-state index contributed by atoms with van der Waals surface area (Å²) in [7, 11) is 0. The fourth-order valence-electron chi connectivity index (χ4n) is 2.18. The van der Waals surface area contributed by atoms with Gasteiger partial charge in [0.25, 0.3) is 5.89 Å². The molecule has 0 fully saturated rings. The molecule has 0 bridgehead atoms.